The van der Waals surface area contributed by atoms with E-state index in [1.54, 1.807) is 0 Å². The number of aliphatic carboxylic acids is 2. The molecule has 0 bridgehead atoms. The molecule has 0 aliphatic heterocycles. The Balaban J connectivity index is 4.27. The van der Waals surface area contributed by atoms with Crippen molar-refractivity contribution < 1.29 is 28.2 Å². The fraction of sp³-hybridized carbons (Fsp3) is 0.667. The van der Waals surface area contributed by atoms with E-state index < -0.39 is 38.6 Å². The van der Waals surface area contributed by atoms with Crippen molar-refractivity contribution in [2.75, 3.05) is 11.5 Å². The van der Waals surface area contributed by atoms with Crippen LogP contribution in [-0.2, 0) is 18.5 Å². The van der Waals surface area contributed by atoms with E-state index in [9.17, 15) is 18.0 Å². The van der Waals surface area contributed by atoms with Crippen molar-refractivity contribution >= 4 is 31.6 Å². The van der Waals surface area contributed by atoms with Gasteiger partial charge in [-0.25, -0.2) is 8.42 Å². The van der Waals surface area contributed by atoms with E-state index in [2.05, 4.69) is 0 Å². The van der Waals surface area contributed by atoms with Crippen molar-refractivity contribution in [3.8, 4) is 0 Å². The zero-order valence-corrected chi connectivity index (χ0v) is 9.70. The number of hydrogen-bond acceptors (Lipinski definition) is 7. The van der Waals surface area contributed by atoms with Gasteiger partial charge >= 0.3 is 11.9 Å². The lowest BCUT2D eigenvalue weighted by Gasteiger charge is -2.08. The Morgan fingerprint density at radius 2 is 1.56 bits per heavy atom. The van der Waals surface area contributed by atoms with E-state index in [0.29, 0.717) is 0 Å². The van der Waals surface area contributed by atoms with Gasteiger partial charge in [-0.05, 0) is 10.8 Å². The smallest absolute Gasteiger partial charge is 0.321 e. The molecule has 0 aromatic carbocycles. The molecule has 0 aromatic rings. The molecule has 0 rings (SSSR count). The minimum absolute atomic E-state index is 0.284. The topological polar surface area (TPSA) is 161 Å². The molecule has 0 aromatic heterocycles. The Bertz CT molecular complexity index is 367. The molecule has 6 N–H and O–H groups in total. The van der Waals surface area contributed by atoms with Gasteiger partial charge in [-0.1, -0.05) is 0 Å². The summed E-state index contributed by atoms with van der Waals surface area (Å²) in [5, 5.41) is 16.8. The fourth-order valence-corrected chi connectivity index (χ4v) is 3.55. The van der Waals surface area contributed by atoms with Gasteiger partial charge in [0, 0.05) is 5.75 Å². The number of carboxylic acid groups (broad SMARTS) is 2. The van der Waals surface area contributed by atoms with Gasteiger partial charge in [0.15, 0.2) is 0 Å². The summed E-state index contributed by atoms with van der Waals surface area (Å²) in [5.41, 5.74) is 10.1. The number of carbonyl (C=O) groups is 2. The molecule has 8 nitrogen and oxygen atoms in total. The Morgan fingerprint density at radius 3 is 1.94 bits per heavy atom. The molecule has 0 aliphatic carbocycles. The largest absolute Gasteiger partial charge is 0.480 e. The quantitative estimate of drug-likeness (QED) is 0.379. The molecule has 0 amide bonds. The maximum Gasteiger partial charge on any atom is 0.321 e. The first-order valence-corrected chi connectivity index (χ1v) is 7.15. The molecule has 0 aliphatic rings. The lowest BCUT2D eigenvalue weighted by Crippen LogP contribution is -2.37. The average molecular weight is 272 g/mol. The number of carboxylic acids is 2. The summed E-state index contributed by atoms with van der Waals surface area (Å²) < 4.78 is 22.5. The Labute approximate surface area is 95.3 Å². The maximum absolute atomic E-state index is 11.2. The second kappa shape index (κ2) is 6.03. The van der Waals surface area contributed by atoms with Crippen LogP contribution < -0.4 is 11.5 Å². The molecule has 1 unspecified atom stereocenters. The third kappa shape index (κ3) is 5.90. The van der Waals surface area contributed by atoms with Crippen LogP contribution in [0.15, 0.2) is 0 Å². The van der Waals surface area contributed by atoms with Gasteiger partial charge in [0.05, 0.1) is 5.75 Å². The lowest BCUT2D eigenvalue weighted by molar-refractivity contribution is -0.138. The van der Waals surface area contributed by atoms with Crippen LogP contribution >= 0.6 is 10.8 Å². The molecule has 16 heavy (non-hydrogen) atoms. The Morgan fingerprint density at radius 1 is 1.12 bits per heavy atom. The molecule has 0 radical (unpaired) electrons. The van der Waals surface area contributed by atoms with Crippen LogP contribution in [0.1, 0.15) is 0 Å². The van der Waals surface area contributed by atoms with Crippen LogP contribution in [0.3, 0.4) is 0 Å². The van der Waals surface area contributed by atoms with Gasteiger partial charge in [0.25, 0.3) is 0 Å². The lowest BCUT2D eigenvalue weighted by atomic mass is 10.4. The minimum atomic E-state index is -3.79. The molecule has 0 spiro atoms. The van der Waals surface area contributed by atoms with E-state index in [1.165, 1.54) is 0 Å². The van der Waals surface area contributed by atoms with Crippen LogP contribution in [-0.4, -0.2) is 54.2 Å². The Hall–Kier alpha value is -0.840. The first-order chi connectivity index (χ1) is 7.15. The number of nitrogens with two attached hydrogens (primary N) is 2. The minimum Gasteiger partial charge on any atom is -0.480 e. The van der Waals surface area contributed by atoms with E-state index in [-0.39, 0.29) is 16.5 Å². The maximum atomic E-state index is 11.2. The highest BCUT2D eigenvalue weighted by Gasteiger charge is 2.24. The van der Waals surface area contributed by atoms with Crippen molar-refractivity contribution in [3.63, 3.8) is 0 Å². The second-order valence-corrected chi connectivity index (χ2v) is 7.15. The van der Waals surface area contributed by atoms with Crippen molar-refractivity contribution in [2.24, 2.45) is 11.5 Å². The number of hydrogen-bond donors (Lipinski definition) is 4. The molecule has 0 saturated carbocycles. The Kier molecular flexibility index (Phi) is 5.72. The van der Waals surface area contributed by atoms with Crippen LogP contribution in [0.25, 0.3) is 0 Å². The standard InChI is InChI=1S/C6H12N2O6S2/c7-3(5(9)10)1-15-16(13,14)2-4(8)6(11)12/h3-4H,1-2,7-8H2,(H,9,10)(H,11,12)/t3-,4?/m0/s1. The summed E-state index contributed by atoms with van der Waals surface area (Å²) in [5.74, 6) is -3.89. The molecular formula is C6H12N2O6S2. The first kappa shape index (κ1) is 15.2. The number of rotatable bonds is 7. The second-order valence-electron chi connectivity index (χ2n) is 2.90. The van der Waals surface area contributed by atoms with Gasteiger partial charge in [0.1, 0.15) is 12.1 Å². The average Bonchev–Trinajstić information content (AvgIpc) is 2.13. The predicted octanol–water partition coefficient (Wildman–Crippen LogP) is -2.13. The zero-order chi connectivity index (χ0) is 12.9. The van der Waals surface area contributed by atoms with Crippen LogP contribution in [0.4, 0.5) is 0 Å². The molecule has 0 heterocycles. The van der Waals surface area contributed by atoms with E-state index in [4.69, 9.17) is 21.7 Å². The van der Waals surface area contributed by atoms with Gasteiger partial charge in [-0.2, -0.15) is 0 Å². The van der Waals surface area contributed by atoms with Gasteiger partial charge in [-0.15, -0.1) is 0 Å². The SMILES string of the molecule is NC(CS(=O)(=O)SC[C@H](N)C(=O)O)C(=O)O. The summed E-state index contributed by atoms with van der Waals surface area (Å²) in [6, 6.07) is -2.85. The molecule has 94 valence electrons. The van der Waals surface area contributed by atoms with Gasteiger partial charge in [-0.3, -0.25) is 9.59 Å². The molecular weight excluding hydrogens is 260 g/mol. The fourth-order valence-electron chi connectivity index (χ4n) is 0.588. The monoisotopic (exact) mass is 272 g/mol. The van der Waals surface area contributed by atoms with E-state index in [0.717, 1.165) is 0 Å². The molecule has 10 heteroatoms. The molecule has 2 atom stereocenters. The van der Waals surface area contributed by atoms with Crippen molar-refractivity contribution in [1.29, 1.82) is 0 Å². The van der Waals surface area contributed by atoms with Crippen LogP contribution in [0.5, 0.6) is 0 Å². The molecule has 0 saturated heterocycles. The predicted molar refractivity (Wildman–Crippen MR) is 57.5 cm³/mol. The van der Waals surface area contributed by atoms with Gasteiger partial charge in [0.2, 0.25) is 8.87 Å². The van der Waals surface area contributed by atoms with Crippen molar-refractivity contribution in [3.05, 3.63) is 0 Å². The summed E-state index contributed by atoms with van der Waals surface area (Å²) >= 11 is 0. The summed E-state index contributed by atoms with van der Waals surface area (Å²) in [6.07, 6.45) is 0. The van der Waals surface area contributed by atoms with Crippen molar-refractivity contribution in [1.82, 2.24) is 0 Å². The van der Waals surface area contributed by atoms with E-state index in [1.807, 2.05) is 0 Å². The first-order valence-electron chi connectivity index (χ1n) is 3.99. The van der Waals surface area contributed by atoms with Crippen molar-refractivity contribution in [2.45, 2.75) is 12.1 Å². The van der Waals surface area contributed by atoms with Crippen LogP contribution in [0.2, 0.25) is 0 Å². The highest BCUT2D eigenvalue weighted by atomic mass is 33.1. The summed E-state index contributed by atoms with van der Waals surface area (Å²) in [6.45, 7) is 0. The van der Waals surface area contributed by atoms with Crippen LogP contribution in [0, 0.1) is 0 Å². The third-order valence-corrected chi connectivity index (χ3v) is 4.96. The summed E-state index contributed by atoms with van der Waals surface area (Å²) in [7, 11) is -3.50. The zero-order valence-electron chi connectivity index (χ0n) is 8.07. The highest BCUT2D eigenvalue weighted by Crippen LogP contribution is 2.14. The normalized spacial score (nSPS) is 15.4. The third-order valence-electron chi connectivity index (χ3n) is 1.45. The van der Waals surface area contributed by atoms with Gasteiger partial charge < -0.3 is 21.7 Å². The summed E-state index contributed by atoms with van der Waals surface area (Å²) in [4.78, 5) is 20.6. The highest BCUT2D eigenvalue weighted by molar-refractivity contribution is 8.72. The molecule has 0 fully saturated rings. The van der Waals surface area contributed by atoms with E-state index >= 15 is 0 Å².